The van der Waals surface area contributed by atoms with Crippen LogP contribution in [0.2, 0.25) is 0 Å². The lowest BCUT2D eigenvalue weighted by Crippen LogP contribution is -2.12. The molecule has 6 nitrogen and oxygen atoms in total. The minimum absolute atomic E-state index is 0.157. The third kappa shape index (κ3) is 2.41. The van der Waals surface area contributed by atoms with Crippen molar-refractivity contribution in [2.24, 2.45) is 0 Å². The van der Waals surface area contributed by atoms with Crippen molar-refractivity contribution in [3.05, 3.63) is 52.9 Å². The zero-order chi connectivity index (χ0) is 16.7. The van der Waals surface area contributed by atoms with Gasteiger partial charge in [0.15, 0.2) is 5.69 Å². The van der Waals surface area contributed by atoms with Gasteiger partial charge in [0.05, 0.1) is 27.7 Å². The van der Waals surface area contributed by atoms with Gasteiger partial charge in [-0.15, -0.1) is 11.3 Å². The number of fused-ring (bicyclic) bond motifs is 3. The highest BCUT2D eigenvalue weighted by atomic mass is 32.1. The predicted molar refractivity (Wildman–Crippen MR) is 89.5 cm³/mol. The Hall–Kier alpha value is -2.84. The van der Waals surface area contributed by atoms with Crippen molar-refractivity contribution in [1.82, 2.24) is 15.2 Å². The number of halogens is 1. The molecule has 4 rings (SSSR count). The maximum Gasteiger partial charge on any atom is 0.276 e. The van der Waals surface area contributed by atoms with Crippen LogP contribution in [0.3, 0.4) is 0 Å². The minimum atomic E-state index is -0.403. The van der Waals surface area contributed by atoms with E-state index >= 15 is 0 Å². The van der Waals surface area contributed by atoms with Crippen LogP contribution >= 0.6 is 11.3 Å². The van der Waals surface area contributed by atoms with E-state index < -0.39 is 5.91 Å². The molecule has 8 heteroatoms. The predicted octanol–water partition coefficient (Wildman–Crippen LogP) is 3.06. The number of benzene rings is 2. The number of hydrogen-bond donors (Lipinski definition) is 3. The quantitative estimate of drug-likeness (QED) is 0.534. The summed E-state index contributed by atoms with van der Waals surface area (Å²) in [7, 11) is 0. The van der Waals surface area contributed by atoms with Crippen molar-refractivity contribution in [2.75, 3.05) is 5.32 Å². The molecule has 0 radical (unpaired) electrons. The fourth-order valence-electron chi connectivity index (χ4n) is 2.49. The van der Waals surface area contributed by atoms with Gasteiger partial charge in [0, 0.05) is 5.69 Å². The largest absolute Gasteiger partial charge is 0.389 e. The lowest BCUT2D eigenvalue weighted by atomic mass is 10.2. The molecule has 2 aromatic heterocycles. The van der Waals surface area contributed by atoms with E-state index in [1.54, 1.807) is 6.07 Å². The molecular formula is C16H11FN4O2S. The van der Waals surface area contributed by atoms with Crippen LogP contribution in [0.15, 0.2) is 36.4 Å². The molecule has 0 fully saturated rings. The van der Waals surface area contributed by atoms with Crippen LogP contribution in [0.25, 0.3) is 21.1 Å². The summed E-state index contributed by atoms with van der Waals surface area (Å²) in [5.74, 6) is -0.777. The highest BCUT2D eigenvalue weighted by molar-refractivity contribution is 7.19. The fourth-order valence-corrected chi connectivity index (χ4v) is 3.46. The maximum atomic E-state index is 13.0. The molecule has 0 aliphatic heterocycles. The van der Waals surface area contributed by atoms with Gasteiger partial charge in [0.25, 0.3) is 5.91 Å². The first-order chi connectivity index (χ1) is 11.7. The number of carbonyl (C=O) groups is 1. The van der Waals surface area contributed by atoms with Gasteiger partial charge in [-0.2, -0.15) is 5.10 Å². The van der Waals surface area contributed by atoms with Crippen molar-refractivity contribution in [3.8, 4) is 0 Å². The second-order valence-corrected chi connectivity index (χ2v) is 6.22. The zero-order valence-corrected chi connectivity index (χ0v) is 13.0. The molecule has 2 aromatic carbocycles. The van der Waals surface area contributed by atoms with Crippen molar-refractivity contribution >= 4 is 44.1 Å². The number of H-pyrrole nitrogens is 1. The van der Waals surface area contributed by atoms with Crippen molar-refractivity contribution in [2.45, 2.75) is 6.61 Å². The highest BCUT2D eigenvalue weighted by Crippen LogP contribution is 2.31. The van der Waals surface area contributed by atoms with Gasteiger partial charge in [-0.25, -0.2) is 9.37 Å². The molecule has 4 aromatic rings. The SMILES string of the molecule is O=C(Nc1ccc(F)cc1)c1n[nH]c2ccc3nc(CO)sc3c12. The molecule has 0 aliphatic carbocycles. The summed E-state index contributed by atoms with van der Waals surface area (Å²) in [6.07, 6.45) is 0. The molecule has 0 aliphatic rings. The third-order valence-electron chi connectivity index (χ3n) is 3.58. The first-order valence-electron chi connectivity index (χ1n) is 7.10. The highest BCUT2D eigenvalue weighted by Gasteiger charge is 2.19. The van der Waals surface area contributed by atoms with E-state index in [0.29, 0.717) is 27.1 Å². The van der Waals surface area contributed by atoms with Gasteiger partial charge in [-0.3, -0.25) is 9.89 Å². The van der Waals surface area contributed by atoms with Gasteiger partial charge < -0.3 is 10.4 Å². The summed E-state index contributed by atoms with van der Waals surface area (Å²) in [6, 6.07) is 9.11. The van der Waals surface area contributed by atoms with E-state index in [1.165, 1.54) is 35.6 Å². The summed E-state index contributed by atoms with van der Waals surface area (Å²) < 4.78 is 13.7. The average Bonchev–Trinajstić information content (AvgIpc) is 3.19. The average molecular weight is 342 g/mol. The summed E-state index contributed by atoms with van der Waals surface area (Å²) in [6.45, 7) is -0.157. The van der Waals surface area contributed by atoms with Crippen LogP contribution in [-0.2, 0) is 6.61 Å². The second-order valence-electron chi connectivity index (χ2n) is 5.14. The number of aromatic nitrogens is 3. The van der Waals surface area contributed by atoms with Crippen LogP contribution in [-0.4, -0.2) is 26.2 Å². The molecule has 3 N–H and O–H groups in total. The molecule has 1 amide bonds. The van der Waals surface area contributed by atoms with Crippen molar-refractivity contribution < 1.29 is 14.3 Å². The van der Waals surface area contributed by atoms with E-state index in [-0.39, 0.29) is 18.1 Å². The van der Waals surface area contributed by atoms with E-state index in [1.807, 2.05) is 6.07 Å². The van der Waals surface area contributed by atoms with Crippen LogP contribution in [0, 0.1) is 5.82 Å². The van der Waals surface area contributed by atoms with E-state index in [9.17, 15) is 14.3 Å². The first kappa shape index (κ1) is 14.7. The number of carbonyl (C=O) groups excluding carboxylic acids is 1. The van der Waals surface area contributed by atoms with E-state index in [2.05, 4.69) is 20.5 Å². The van der Waals surface area contributed by atoms with Gasteiger partial charge in [0.1, 0.15) is 10.8 Å². The number of thiazole rings is 1. The summed E-state index contributed by atoms with van der Waals surface area (Å²) in [4.78, 5) is 16.9. The smallest absolute Gasteiger partial charge is 0.276 e. The number of nitrogens with one attached hydrogen (secondary N) is 2. The van der Waals surface area contributed by atoms with Gasteiger partial charge in [-0.05, 0) is 36.4 Å². The first-order valence-corrected chi connectivity index (χ1v) is 7.91. The lowest BCUT2D eigenvalue weighted by Gasteiger charge is -2.03. The van der Waals surface area contributed by atoms with Crippen molar-refractivity contribution in [1.29, 1.82) is 0 Å². The molecule has 2 heterocycles. The molecule has 0 saturated heterocycles. The minimum Gasteiger partial charge on any atom is -0.389 e. The van der Waals surface area contributed by atoms with Crippen LogP contribution < -0.4 is 5.32 Å². The number of rotatable bonds is 3. The van der Waals surface area contributed by atoms with Crippen LogP contribution in [0.4, 0.5) is 10.1 Å². The van der Waals surface area contributed by atoms with Gasteiger partial charge in [0.2, 0.25) is 0 Å². The zero-order valence-electron chi connectivity index (χ0n) is 12.2. The number of hydrogen-bond acceptors (Lipinski definition) is 5. The standard InChI is InChI=1S/C16H11FN4O2S/c17-8-1-3-9(4-2-8)18-16(23)14-13-10(20-21-14)5-6-11-15(13)24-12(7-22)19-11/h1-6,22H,7H2,(H,18,23)(H,20,21). The molecule has 0 saturated carbocycles. The molecule has 0 spiro atoms. The molecule has 0 unspecified atom stereocenters. The van der Waals surface area contributed by atoms with E-state index in [4.69, 9.17) is 0 Å². The topological polar surface area (TPSA) is 90.9 Å². The summed E-state index contributed by atoms with van der Waals surface area (Å²) >= 11 is 1.32. The Labute approximate surface area is 139 Å². The van der Waals surface area contributed by atoms with E-state index in [0.717, 1.165) is 4.70 Å². The summed E-state index contributed by atoms with van der Waals surface area (Å²) in [5, 5.41) is 20.1. The number of aliphatic hydroxyl groups is 1. The lowest BCUT2D eigenvalue weighted by molar-refractivity contribution is 0.102. The van der Waals surface area contributed by atoms with Gasteiger partial charge >= 0.3 is 0 Å². The normalized spacial score (nSPS) is 11.2. The Morgan fingerprint density at radius 1 is 1.25 bits per heavy atom. The Kier molecular flexibility index (Phi) is 3.47. The Bertz CT molecular complexity index is 1060. The number of nitrogens with zero attached hydrogens (tertiary/aromatic N) is 2. The molecule has 120 valence electrons. The Balaban J connectivity index is 1.79. The Morgan fingerprint density at radius 3 is 2.79 bits per heavy atom. The third-order valence-corrected chi connectivity index (χ3v) is 4.65. The van der Waals surface area contributed by atoms with Crippen LogP contribution in [0.1, 0.15) is 15.5 Å². The number of aliphatic hydroxyl groups excluding tert-OH is 1. The van der Waals surface area contributed by atoms with Crippen molar-refractivity contribution in [3.63, 3.8) is 0 Å². The number of anilines is 1. The fraction of sp³-hybridized carbons (Fsp3) is 0.0625. The monoisotopic (exact) mass is 342 g/mol. The summed E-state index contributed by atoms with van der Waals surface area (Å²) in [5.41, 5.74) is 2.12. The van der Waals surface area contributed by atoms with Crippen LogP contribution in [0.5, 0.6) is 0 Å². The molecule has 0 bridgehead atoms. The number of amides is 1. The maximum absolute atomic E-state index is 13.0. The number of aromatic amines is 1. The molecule has 0 atom stereocenters. The molecular weight excluding hydrogens is 331 g/mol. The molecule has 24 heavy (non-hydrogen) atoms. The van der Waals surface area contributed by atoms with Gasteiger partial charge in [-0.1, -0.05) is 0 Å². The Morgan fingerprint density at radius 2 is 2.04 bits per heavy atom. The second kappa shape index (κ2) is 5.66.